The molecule has 0 saturated heterocycles. The Labute approximate surface area is 173 Å². The van der Waals surface area contributed by atoms with Gasteiger partial charge in [0.15, 0.2) is 0 Å². The van der Waals surface area contributed by atoms with Gasteiger partial charge in [0, 0.05) is 6.42 Å². The number of hydrogen-bond donors (Lipinski definition) is 1. The van der Waals surface area contributed by atoms with Gasteiger partial charge >= 0.3 is 11.9 Å². The quantitative estimate of drug-likeness (QED) is 0.134. The maximum absolute atomic E-state index is 11.7. The second-order valence-electron chi connectivity index (χ2n) is 7.81. The molecule has 0 fully saturated rings. The van der Waals surface area contributed by atoms with Crippen molar-refractivity contribution >= 4 is 11.9 Å². The molecule has 28 heavy (non-hydrogen) atoms. The van der Waals surface area contributed by atoms with Gasteiger partial charge in [-0.2, -0.15) is 0 Å². The first kappa shape index (κ1) is 26.7. The maximum Gasteiger partial charge on any atom is 0.307 e. The summed E-state index contributed by atoms with van der Waals surface area (Å²) in [5.41, 5.74) is 0. The van der Waals surface area contributed by atoms with E-state index >= 15 is 0 Å². The normalized spacial score (nSPS) is 12.4. The van der Waals surface area contributed by atoms with Gasteiger partial charge in [-0.15, -0.1) is 0 Å². The van der Waals surface area contributed by atoms with E-state index in [2.05, 4.69) is 19.1 Å². The van der Waals surface area contributed by atoms with Crippen LogP contribution in [0.2, 0.25) is 0 Å². The number of carbonyl (C=O) groups is 2. The summed E-state index contributed by atoms with van der Waals surface area (Å²) >= 11 is 0. The molecule has 1 unspecified atom stereocenters. The SMILES string of the molecule is CCCCCCCCC/C=C\CCCCCCCC(=O)OC(CC)CC(=O)O. The van der Waals surface area contributed by atoms with Crippen LogP contribution in [0.5, 0.6) is 0 Å². The molecule has 0 aliphatic heterocycles. The van der Waals surface area contributed by atoms with Crippen molar-refractivity contribution in [3.05, 3.63) is 12.2 Å². The Morgan fingerprint density at radius 2 is 1.29 bits per heavy atom. The zero-order valence-corrected chi connectivity index (χ0v) is 18.4. The topological polar surface area (TPSA) is 63.6 Å². The van der Waals surface area contributed by atoms with Crippen LogP contribution in [0.1, 0.15) is 123 Å². The molecule has 4 heteroatoms. The highest BCUT2D eigenvalue weighted by Gasteiger charge is 2.15. The van der Waals surface area contributed by atoms with Gasteiger partial charge in [0.25, 0.3) is 0 Å². The molecule has 0 radical (unpaired) electrons. The van der Waals surface area contributed by atoms with Gasteiger partial charge in [-0.05, 0) is 38.5 Å². The molecule has 0 aromatic carbocycles. The van der Waals surface area contributed by atoms with Crippen molar-refractivity contribution in [2.45, 2.75) is 129 Å². The number of hydrogen-bond acceptors (Lipinski definition) is 3. The van der Waals surface area contributed by atoms with Gasteiger partial charge in [-0.1, -0.05) is 83.8 Å². The molecule has 0 aromatic rings. The smallest absolute Gasteiger partial charge is 0.307 e. The van der Waals surface area contributed by atoms with Crippen LogP contribution in [0.3, 0.4) is 0 Å². The summed E-state index contributed by atoms with van der Waals surface area (Å²) in [6.07, 6.45) is 22.4. The van der Waals surface area contributed by atoms with Crippen LogP contribution in [0, 0.1) is 0 Å². The van der Waals surface area contributed by atoms with E-state index in [1.54, 1.807) is 0 Å². The average molecular weight is 397 g/mol. The molecule has 0 rings (SSSR count). The van der Waals surface area contributed by atoms with E-state index < -0.39 is 12.1 Å². The molecule has 1 N–H and O–H groups in total. The molecule has 0 aliphatic rings. The highest BCUT2D eigenvalue weighted by Crippen LogP contribution is 2.12. The Kier molecular flexibility index (Phi) is 19.5. The van der Waals surface area contributed by atoms with E-state index in [-0.39, 0.29) is 12.4 Å². The summed E-state index contributed by atoms with van der Waals surface area (Å²) < 4.78 is 5.21. The third-order valence-corrected chi connectivity index (χ3v) is 5.05. The number of aliphatic carboxylic acids is 1. The van der Waals surface area contributed by atoms with E-state index in [1.807, 2.05) is 6.92 Å². The lowest BCUT2D eigenvalue weighted by atomic mass is 10.1. The van der Waals surface area contributed by atoms with E-state index in [9.17, 15) is 9.59 Å². The third-order valence-electron chi connectivity index (χ3n) is 5.05. The molecule has 0 bridgehead atoms. The van der Waals surface area contributed by atoms with Crippen LogP contribution in [0.15, 0.2) is 12.2 Å². The van der Waals surface area contributed by atoms with Gasteiger partial charge < -0.3 is 9.84 Å². The number of unbranched alkanes of at least 4 members (excludes halogenated alkanes) is 12. The number of esters is 1. The fraction of sp³-hybridized carbons (Fsp3) is 0.833. The highest BCUT2D eigenvalue weighted by molar-refractivity contribution is 5.71. The zero-order chi connectivity index (χ0) is 20.9. The summed E-state index contributed by atoms with van der Waals surface area (Å²) in [6.45, 7) is 4.10. The van der Waals surface area contributed by atoms with E-state index in [1.165, 1.54) is 64.2 Å². The molecule has 0 aliphatic carbocycles. The van der Waals surface area contributed by atoms with Gasteiger partial charge in [0.1, 0.15) is 6.10 Å². The van der Waals surface area contributed by atoms with Crippen molar-refractivity contribution in [2.75, 3.05) is 0 Å². The van der Waals surface area contributed by atoms with Crippen LogP contribution in [-0.2, 0) is 14.3 Å². The monoisotopic (exact) mass is 396 g/mol. The van der Waals surface area contributed by atoms with E-state index in [0.29, 0.717) is 12.8 Å². The van der Waals surface area contributed by atoms with Crippen molar-refractivity contribution in [3.63, 3.8) is 0 Å². The van der Waals surface area contributed by atoms with Gasteiger partial charge in [-0.25, -0.2) is 0 Å². The van der Waals surface area contributed by atoms with Crippen molar-refractivity contribution in [1.82, 2.24) is 0 Å². The molecular weight excluding hydrogens is 352 g/mol. The maximum atomic E-state index is 11.7. The molecule has 1 atom stereocenters. The van der Waals surface area contributed by atoms with Crippen molar-refractivity contribution < 1.29 is 19.4 Å². The summed E-state index contributed by atoms with van der Waals surface area (Å²) in [7, 11) is 0. The van der Waals surface area contributed by atoms with Crippen LogP contribution in [0.4, 0.5) is 0 Å². The third kappa shape index (κ3) is 19.4. The fourth-order valence-corrected chi connectivity index (χ4v) is 3.23. The number of carboxylic acids is 1. The Morgan fingerprint density at radius 1 is 0.786 bits per heavy atom. The Balaban J connectivity index is 3.38. The minimum Gasteiger partial charge on any atom is -0.481 e. The lowest BCUT2D eigenvalue weighted by Crippen LogP contribution is -2.20. The second kappa shape index (κ2) is 20.4. The minimum atomic E-state index is -0.920. The van der Waals surface area contributed by atoms with E-state index in [0.717, 1.165) is 25.7 Å². The van der Waals surface area contributed by atoms with Crippen LogP contribution < -0.4 is 0 Å². The molecule has 164 valence electrons. The highest BCUT2D eigenvalue weighted by atomic mass is 16.5. The number of carbonyl (C=O) groups excluding carboxylic acids is 1. The molecule has 0 spiro atoms. The van der Waals surface area contributed by atoms with Crippen molar-refractivity contribution in [1.29, 1.82) is 0 Å². The molecule has 0 amide bonds. The number of allylic oxidation sites excluding steroid dienone is 2. The Bertz CT molecular complexity index is 403. The lowest BCUT2D eigenvalue weighted by Gasteiger charge is -2.13. The summed E-state index contributed by atoms with van der Waals surface area (Å²) in [5.74, 6) is -1.18. The lowest BCUT2D eigenvalue weighted by molar-refractivity contribution is -0.153. The summed E-state index contributed by atoms with van der Waals surface area (Å²) in [4.78, 5) is 22.4. The summed E-state index contributed by atoms with van der Waals surface area (Å²) in [5, 5.41) is 8.76. The van der Waals surface area contributed by atoms with Gasteiger partial charge in [0.2, 0.25) is 0 Å². The first-order valence-electron chi connectivity index (χ1n) is 11.7. The predicted octanol–water partition coefficient (Wildman–Crippen LogP) is 7.21. The van der Waals surface area contributed by atoms with Crippen molar-refractivity contribution in [2.24, 2.45) is 0 Å². The molecular formula is C24H44O4. The van der Waals surface area contributed by atoms with Crippen molar-refractivity contribution in [3.8, 4) is 0 Å². The van der Waals surface area contributed by atoms with Gasteiger partial charge in [0.05, 0.1) is 6.42 Å². The average Bonchev–Trinajstić information content (AvgIpc) is 2.66. The number of rotatable bonds is 20. The van der Waals surface area contributed by atoms with Gasteiger partial charge in [-0.3, -0.25) is 9.59 Å². The van der Waals surface area contributed by atoms with Crippen LogP contribution in [-0.4, -0.2) is 23.1 Å². The number of carboxylic acid groups (broad SMARTS) is 1. The van der Waals surface area contributed by atoms with Crippen LogP contribution in [0.25, 0.3) is 0 Å². The predicted molar refractivity (Wildman–Crippen MR) is 116 cm³/mol. The largest absolute Gasteiger partial charge is 0.481 e. The van der Waals surface area contributed by atoms with Crippen LogP contribution >= 0.6 is 0 Å². The minimum absolute atomic E-state index is 0.102. The first-order chi connectivity index (χ1) is 13.6. The first-order valence-corrected chi connectivity index (χ1v) is 11.7. The second-order valence-corrected chi connectivity index (χ2v) is 7.81. The number of ether oxygens (including phenoxy) is 1. The molecule has 0 heterocycles. The molecule has 0 aromatic heterocycles. The Morgan fingerprint density at radius 3 is 1.79 bits per heavy atom. The molecule has 0 saturated carbocycles. The zero-order valence-electron chi connectivity index (χ0n) is 18.4. The Hall–Kier alpha value is -1.32. The molecule has 4 nitrogen and oxygen atoms in total. The van der Waals surface area contributed by atoms with E-state index in [4.69, 9.17) is 9.84 Å². The standard InChI is InChI=1S/C24H44O4/c1-3-5-6-7-8-9-10-11-12-13-14-15-16-17-18-19-20-24(27)28-22(4-2)21-23(25)26/h12-13,22H,3-11,14-21H2,1-2H3,(H,25,26)/b13-12-. The fourth-order valence-electron chi connectivity index (χ4n) is 3.23. The summed E-state index contributed by atoms with van der Waals surface area (Å²) in [6, 6.07) is 0.